The monoisotopic (exact) mass is 284 g/mol. The molecule has 0 spiro atoms. The molecule has 3 unspecified atom stereocenters. The van der Waals surface area contributed by atoms with Crippen molar-refractivity contribution in [2.75, 3.05) is 31.1 Å². The summed E-state index contributed by atoms with van der Waals surface area (Å²) in [6.07, 6.45) is 1.43. The topological polar surface area (TPSA) is 15.3 Å². The van der Waals surface area contributed by atoms with Gasteiger partial charge < -0.3 is 5.32 Å². The number of nitrogens with one attached hydrogen (secondary N) is 1. The van der Waals surface area contributed by atoms with Crippen LogP contribution in [0.1, 0.15) is 41.0 Å². The summed E-state index contributed by atoms with van der Waals surface area (Å²) >= 11 is 2.14. The second kappa shape index (κ2) is 6.36. The van der Waals surface area contributed by atoms with E-state index in [1.54, 1.807) is 0 Å². The molecule has 0 bridgehead atoms. The van der Waals surface area contributed by atoms with Crippen LogP contribution in [0.2, 0.25) is 0 Å². The fourth-order valence-electron chi connectivity index (χ4n) is 3.33. The van der Waals surface area contributed by atoms with Gasteiger partial charge in [0.25, 0.3) is 0 Å². The van der Waals surface area contributed by atoms with Crippen molar-refractivity contribution in [2.45, 2.75) is 53.1 Å². The lowest BCUT2D eigenvalue weighted by Gasteiger charge is -2.47. The van der Waals surface area contributed by atoms with Gasteiger partial charge in [0, 0.05) is 31.7 Å². The Morgan fingerprint density at radius 2 is 2.05 bits per heavy atom. The highest BCUT2D eigenvalue weighted by Gasteiger charge is 2.36. The first-order valence-electron chi connectivity index (χ1n) is 7.93. The van der Waals surface area contributed by atoms with Crippen molar-refractivity contribution >= 4 is 11.8 Å². The summed E-state index contributed by atoms with van der Waals surface area (Å²) in [5, 5.41) is 3.80. The highest BCUT2D eigenvalue weighted by molar-refractivity contribution is 7.99. The van der Waals surface area contributed by atoms with Gasteiger partial charge in [-0.1, -0.05) is 34.6 Å². The Bertz CT molecular complexity index is 279. The van der Waals surface area contributed by atoms with Crippen LogP contribution in [0.25, 0.3) is 0 Å². The minimum absolute atomic E-state index is 0.366. The molecule has 2 saturated heterocycles. The fourth-order valence-corrected chi connectivity index (χ4v) is 4.60. The number of thioether (sulfide) groups is 1. The molecule has 0 aromatic rings. The molecule has 19 heavy (non-hydrogen) atoms. The molecule has 0 amide bonds. The van der Waals surface area contributed by atoms with E-state index in [9.17, 15) is 0 Å². The van der Waals surface area contributed by atoms with Gasteiger partial charge in [0.1, 0.15) is 0 Å². The Labute approximate surface area is 124 Å². The van der Waals surface area contributed by atoms with E-state index in [0.29, 0.717) is 11.5 Å². The molecule has 0 aromatic carbocycles. The summed E-state index contributed by atoms with van der Waals surface area (Å²) in [5.41, 5.74) is 0.366. The summed E-state index contributed by atoms with van der Waals surface area (Å²) in [7, 11) is 0. The molecule has 2 nitrogen and oxygen atoms in total. The Morgan fingerprint density at radius 3 is 2.58 bits per heavy atom. The summed E-state index contributed by atoms with van der Waals surface area (Å²) in [6.45, 7) is 15.6. The summed E-state index contributed by atoms with van der Waals surface area (Å²) in [4.78, 5) is 2.80. The lowest BCUT2D eigenvalue weighted by atomic mass is 9.83. The van der Waals surface area contributed by atoms with Gasteiger partial charge in [0.15, 0.2) is 0 Å². The van der Waals surface area contributed by atoms with Gasteiger partial charge in [-0.3, -0.25) is 4.90 Å². The SMILES string of the molecule is CC(C)C1CNC(C(C)(C)C)CN1CC1CCSC1. The van der Waals surface area contributed by atoms with Crippen LogP contribution in [-0.2, 0) is 0 Å². The van der Waals surface area contributed by atoms with Crippen LogP contribution < -0.4 is 5.32 Å². The van der Waals surface area contributed by atoms with E-state index in [1.165, 1.54) is 37.6 Å². The lowest BCUT2D eigenvalue weighted by Crippen LogP contribution is -2.62. The molecule has 2 aliphatic rings. The molecule has 3 atom stereocenters. The smallest absolute Gasteiger partial charge is 0.0244 e. The number of nitrogens with zero attached hydrogens (tertiary/aromatic N) is 1. The van der Waals surface area contributed by atoms with Gasteiger partial charge in [-0.25, -0.2) is 0 Å². The maximum atomic E-state index is 3.80. The molecule has 2 fully saturated rings. The second-order valence-corrected chi connectivity index (χ2v) is 8.97. The third kappa shape index (κ3) is 4.12. The number of hydrogen-bond acceptors (Lipinski definition) is 3. The Hall–Kier alpha value is 0.270. The average molecular weight is 285 g/mol. The van der Waals surface area contributed by atoms with Crippen LogP contribution in [-0.4, -0.2) is 48.1 Å². The normalized spacial score (nSPS) is 34.1. The Kier molecular flexibility index (Phi) is 5.24. The third-order valence-electron chi connectivity index (χ3n) is 4.79. The highest BCUT2D eigenvalue weighted by atomic mass is 32.2. The zero-order valence-electron chi connectivity index (χ0n) is 13.4. The van der Waals surface area contributed by atoms with E-state index in [1.807, 2.05) is 0 Å². The average Bonchev–Trinajstić information content (AvgIpc) is 2.80. The molecule has 2 rings (SSSR count). The van der Waals surface area contributed by atoms with E-state index in [0.717, 1.165) is 17.9 Å². The van der Waals surface area contributed by atoms with Crippen LogP contribution >= 0.6 is 11.8 Å². The molecule has 0 radical (unpaired) electrons. The fraction of sp³-hybridized carbons (Fsp3) is 1.00. The Morgan fingerprint density at radius 1 is 1.32 bits per heavy atom. The van der Waals surface area contributed by atoms with Crippen molar-refractivity contribution in [3.05, 3.63) is 0 Å². The summed E-state index contributed by atoms with van der Waals surface area (Å²) in [5.74, 6) is 4.45. The predicted molar refractivity (Wildman–Crippen MR) is 86.9 cm³/mol. The number of piperazine rings is 1. The third-order valence-corrected chi connectivity index (χ3v) is 6.02. The molecular weight excluding hydrogens is 252 g/mol. The van der Waals surface area contributed by atoms with Crippen LogP contribution in [0.3, 0.4) is 0 Å². The van der Waals surface area contributed by atoms with E-state index in [4.69, 9.17) is 0 Å². The Balaban J connectivity index is 1.99. The summed E-state index contributed by atoms with van der Waals surface area (Å²) < 4.78 is 0. The van der Waals surface area contributed by atoms with Crippen molar-refractivity contribution in [1.29, 1.82) is 0 Å². The molecule has 0 aliphatic carbocycles. The number of hydrogen-bond donors (Lipinski definition) is 1. The van der Waals surface area contributed by atoms with Gasteiger partial charge in [0.2, 0.25) is 0 Å². The zero-order chi connectivity index (χ0) is 14.0. The molecule has 1 N–H and O–H groups in total. The molecular formula is C16H32N2S. The first-order chi connectivity index (χ1) is 8.88. The van der Waals surface area contributed by atoms with Crippen LogP contribution in [0.15, 0.2) is 0 Å². The highest BCUT2D eigenvalue weighted by Crippen LogP contribution is 2.29. The van der Waals surface area contributed by atoms with Crippen molar-refractivity contribution in [2.24, 2.45) is 17.3 Å². The molecule has 3 heteroatoms. The predicted octanol–water partition coefficient (Wildman–Crippen LogP) is 3.08. The molecule has 0 saturated carbocycles. The summed E-state index contributed by atoms with van der Waals surface area (Å²) in [6, 6.07) is 1.36. The van der Waals surface area contributed by atoms with E-state index in [-0.39, 0.29) is 0 Å². The van der Waals surface area contributed by atoms with Crippen molar-refractivity contribution in [1.82, 2.24) is 10.2 Å². The maximum Gasteiger partial charge on any atom is 0.0244 e. The van der Waals surface area contributed by atoms with Gasteiger partial charge in [-0.05, 0) is 35.2 Å². The van der Waals surface area contributed by atoms with Crippen LogP contribution in [0.4, 0.5) is 0 Å². The standard InChI is InChI=1S/C16H32N2S/c1-12(2)14-8-17-15(16(3,4)5)10-18(14)9-13-6-7-19-11-13/h12-15,17H,6-11H2,1-5H3. The van der Waals surface area contributed by atoms with E-state index >= 15 is 0 Å². The zero-order valence-corrected chi connectivity index (χ0v) is 14.2. The minimum Gasteiger partial charge on any atom is -0.311 e. The van der Waals surface area contributed by atoms with Gasteiger partial charge >= 0.3 is 0 Å². The maximum absolute atomic E-state index is 3.80. The molecule has 2 aliphatic heterocycles. The van der Waals surface area contributed by atoms with Crippen LogP contribution in [0.5, 0.6) is 0 Å². The quantitative estimate of drug-likeness (QED) is 0.857. The first kappa shape index (κ1) is 15.7. The van der Waals surface area contributed by atoms with Crippen LogP contribution in [0, 0.1) is 17.3 Å². The van der Waals surface area contributed by atoms with Crippen molar-refractivity contribution in [3.8, 4) is 0 Å². The van der Waals surface area contributed by atoms with E-state index in [2.05, 4.69) is 56.6 Å². The van der Waals surface area contributed by atoms with Gasteiger partial charge in [-0.15, -0.1) is 0 Å². The molecule has 112 valence electrons. The van der Waals surface area contributed by atoms with E-state index < -0.39 is 0 Å². The molecule has 0 aromatic heterocycles. The second-order valence-electron chi connectivity index (χ2n) is 7.82. The van der Waals surface area contributed by atoms with Gasteiger partial charge in [-0.2, -0.15) is 11.8 Å². The number of rotatable bonds is 3. The van der Waals surface area contributed by atoms with Crippen molar-refractivity contribution in [3.63, 3.8) is 0 Å². The van der Waals surface area contributed by atoms with Gasteiger partial charge in [0.05, 0.1) is 0 Å². The lowest BCUT2D eigenvalue weighted by molar-refractivity contribution is 0.0533. The van der Waals surface area contributed by atoms with Crippen molar-refractivity contribution < 1.29 is 0 Å². The largest absolute Gasteiger partial charge is 0.311 e. The minimum atomic E-state index is 0.366. The first-order valence-corrected chi connectivity index (χ1v) is 9.08. The molecule has 2 heterocycles.